The van der Waals surface area contributed by atoms with E-state index in [0.717, 1.165) is 0 Å². The van der Waals surface area contributed by atoms with E-state index < -0.39 is 0 Å². The van der Waals surface area contributed by atoms with Crippen molar-refractivity contribution in [2.24, 2.45) is 0 Å². The summed E-state index contributed by atoms with van der Waals surface area (Å²) >= 11 is -0.451. The first-order chi connectivity index (χ1) is 4.79. The van der Waals surface area contributed by atoms with Gasteiger partial charge in [-0.05, 0) is 0 Å². The fourth-order valence-electron chi connectivity index (χ4n) is 1.25. The molecular weight excluding hydrogens is 246 g/mol. The van der Waals surface area contributed by atoms with Gasteiger partial charge in [-0.25, -0.2) is 0 Å². The Morgan fingerprint density at radius 1 is 0.600 bits per heavy atom. The Kier molecular flexibility index (Phi) is 7.56. The minimum atomic E-state index is -0.226. The fraction of sp³-hybridized carbons (Fsp3) is 1.00. The van der Waals surface area contributed by atoms with Crippen LogP contribution < -0.4 is 0 Å². The molecule has 0 atom stereocenters. The summed E-state index contributed by atoms with van der Waals surface area (Å²) in [7, 11) is 0. The summed E-state index contributed by atoms with van der Waals surface area (Å²) in [6.45, 7) is 9.65. The summed E-state index contributed by atoms with van der Waals surface area (Å²) in [5, 5.41) is 6.30. The van der Waals surface area contributed by atoms with Crippen LogP contribution in [0.3, 0.4) is 0 Å². The molecule has 0 heterocycles. The zero-order valence-corrected chi connectivity index (χ0v) is 11.5. The average molecular weight is 266 g/mol. The molecule has 10 heavy (non-hydrogen) atoms. The third-order valence-corrected chi connectivity index (χ3v) is 30.7. The standard InChI is InChI=1S/C8H20As2/c1-5-9(6-2)10(7-3)8-4/h5-8H2,1-4H3. The zero-order chi connectivity index (χ0) is 7.98. The zero-order valence-electron chi connectivity index (χ0n) is 7.72. The molecule has 0 aliphatic heterocycles. The van der Waals surface area contributed by atoms with Crippen LogP contribution in [0.25, 0.3) is 0 Å². The molecule has 2 heteroatoms. The molecule has 0 saturated carbocycles. The summed E-state index contributed by atoms with van der Waals surface area (Å²) in [5.74, 6) is 0. The molecule has 0 fully saturated rings. The van der Waals surface area contributed by atoms with Gasteiger partial charge in [-0.3, -0.25) is 0 Å². The number of hydrogen-bond acceptors (Lipinski definition) is 0. The van der Waals surface area contributed by atoms with Gasteiger partial charge in [-0.2, -0.15) is 0 Å². The molecule has 0 unspecified atom stereocenters. The maximum atomic E-state index is 2.41. The SMILES string of the molecule is CC[As](CC)[As](CC)CC. The Bertz CT molecular complexity index is 55.7. The molecule has 0 N–H and O–H groups in total. The normalized spacial score (nSPS) is 11.4. The third kappa shape index (κ3) is 3.49. The molecule has 0 aromatic rings. The minimum absolute atomic E-state index is 0.226. The van der Waals surface area contributed by atoms with E-state index in [4.69, 9.17) is 0 Å². The van der Waals surface area contributed by atoms with Gasteiger partial charge >= 0.3 is 73.7 Å². The summed E-state index contributed by atoms with van der Waals surface area (Å²) in [4.78, 5) is 0. The molecule has 0 rings (SSSR count). The van der Waals surface area contributed by atoms with Crippen LogP contribution in [0, 0.1) is 0 Å². The summed E-state index contributed by atoms with van der Waals surface area (Å²) in [6, 6.07) is 0. The molecule has 0 aliphatic carbocycles. The van der Waals surface area contributed by atoms with Gasteiger partial charge in [0.1, 0.15) is 0 Å². The van der Waals surface area contributed by atoms with E-state index in [1.807, 2.05) is 0 Å². The molecule has 0 spiro atoms. The van der Waals surface area contributed by atoms with E-state index in [1.54, 1.807) is 20.8 Å². The van der Waals surface area contributed by atoms with Crippen molar-refractivity contribution in [1.82, 2.24) is 0 Å². The third-order valence-electron chi connectivity index (χ3n) is 1.86. The molecule has 0 saturated heterocycles. The van der Waals surface area contributed by atoms with Crippen molar-refractivity contribution in [2.75, 3.05) is 0 Å². The van der Waals surface area contributed by atoms with Crippen LogP contribution in [-0.4, -0.2) is 25.2 Å². The van der Waals surface area contributed by atoms with E-state index in [2.05, 4.69) is 27.7 Å². The first kappa shape index (κ1) is 11.1. The first-order valence-electron chi connectivity index (χ1n) is 4.29. The van der Waals surface area contributed by atoms with Gasteiger partial charge in [0.05, 0.1) is 0 Å². The van der Waals surface area contributed by atoms with E-state index in [0.29, 0.717) is 0 Å². The van der Waals surface area contributed by atoms with Crippen molar-refractivity contribution in [3.05, 3.63) is 0 Å². The Labute approximate surface area is 73.6 Å². The Morgan fingerprint density at radius 2 is 0.800 bits per heavy atom. The van der Waals surface area contributed by atoms with Gasteiger partial charge in [0.2, 0.25) is 0 Å². The summed E-state index contributed by atoms with van der Waals surface area (Å²) < 4.78 is 0. The second kappa shape index (κ2) is 6.80. The van der Waals surface area contributed by atoms with Gasteiger partial charge in [0.15, 0.2) is 0 Å². The topological polar surface area (TPSA) is 0 Å². The predicted octanol–water partition coefficient (Wildman–Crippen LogP) is 3.13. The van der Waals surface area contributed by atoms with E-state index in [1.165, 1.54) is 0 Å². The van der Waals surface area contributed by atoms with Gasteiger partial charge in [0, 0.05) is 0 Å². The molecule has 0 aliphatic rings. The van der Waals surface area contributed by atoms with Gasteiger partial charge < -0.3 is 0 Å². The van der Waals surface area contributed by atoms with Crippen LogP contribution in [0.4, 0.5) is 0 Å². The van der Waals surface area contributed by atoms with Crippen molar-refractivity contribution >= 4 is 25.2 Å². The molecule has 0 nitrogen and oxygen atoms in total. The molecule has 0 radical (unpaired) electrons. The molecule has 0 bridgehead atoms. The van der Waals surface area contributed by atoms with E-state index in [9.17, 15) is 0 Å². The molecule has 62 valence electrons. The predicted molar refractivity (Wildman–Crippen MR) is 53.4 cm³/mol. The van der Waals surface area contributed by atoms with Gasteiger partial charge in [0.25, 0.3) is 0 Å². The van der Waals surface area contributed by atoms with E-state index >= 15 is 0 Å². The Balaban J connectivity index is 3.70. The van der Waals surface area contributed by atoms with Crippen molar-refractivity contribution in [1.29, 1.82) is 0 Å². The average Bonchev–Trinajstić information content (AvgIpc) is 2.00. The van der Waals surface area contributed by atoms with Crippen LogP contribution in [0.15, 0.2) is 0 Å². The molecule has 0 amide bonds. The van der Waals surface area contributed by atoms with Crippen molar-refractivity contribution in [2.45, 2.75) is 48.5 Å². The summed E-state index contributed by atoms with van der Waals surface area (Å²) in [6.07, 6.45) is 0. The second-order valence-corrected chi connectivity index (χ2v) is 24.2. The van der Waals surface area contributed by atoms with E-state index in [-0.39, 0.29) is 25.2 Å². The number of rotatable bonds is 5. The molecule has 0 aromatic heterocycles. The monoisotopic (exact) mass is 266 g/mol. The van der Waals surface area contributed by atoms with Crippen LogP contribution in [0.5, 0.6) is 0 Å². The van der Waals surface area contributed by atoms with Gasteiger partial charge in [-0.15, -0.1) is 0 Å². The number of hydrogen-bond donors (Lipinski definition) is 0. The summed E-state index contributed by atoms with van der Waals surface area (Å²) in [5.41, 5.74) is 0. The Hall–Kier alpha value is 1.12. The Morgan fingerprint density at radius 3 is 0.900 bits per heavy atom. The van der Waals surface area contributed by atoms with Crippen molar-refractivity contribution in [3.63, 3.8) is 0 Å². The van der Waals surface area contributed by atoms with Crippen LogP contribution >= 0.6 is 0 Å². The molecular formula is C8H20As2. The van der Waals surface area contributed by atoms with Crippen molar-refractivity contribution < 1.29 is 0 Å². The second-order valence-electron chi connectivity index (χ2n) is 2.28. The maximum absolute atomic E-state index is 2.41. The van der Waals surface area contributed by atoms with Gasteiger partial charge in [-0.1, -0.05) is 0 Å². The van der Waals surface area contributed by atoms with Crippen molar-refractivity contribution in [3.8, 4) is 0 Å². The quantitative estimate of drug-likeness (QED) is 0.670. The van der Waals surface area contributed by atoms with Crippen LogP contribution in [-0.2, 0) is 0 Å². The van der Waals surface area contributed by atoms with Crippen LogP contribution in [0.2, 0.25) is 20.8 Å². The fourth-order valence-corrected chi connectivity index (χ4v) is 23.9. The molecule has 0 aromatic carbocycles. The van der Waals surface area contributed by atoms with Crippen LogP contribution in [0.1, 0.15) is 27.7 Å². The first-order valence-corrected chi connectivity index (χ1v) is 14.8.